The maximum atomic E-state index is 10.8. The van der Waals surface area contributed by atoms with Gasteiger partial charge in [-0.1, -0.05) is 0 Å². The second-order valence-electron chi connectivity index (χ2n) is 2.36. The summed E-state index contributed by atoms with van der Waals surface area (Å²) in [6.07, 6.45) is 2.03. The molecule has 1 rings (SSSR count). The molecule has 4 heteroatoms. The van der Waals surface area contributed by atoms with E-state index in [1.54, 1.807) is 0 Å². The van der Waals surface area contributed by atoms with Gasteiger partial charge in [-0.2, -0.15) is 0 Å². The van der Waals surface area contributed by atoms with E-state index < -0.39 is 6.61 Å². The van der Waals surface area contributed by atoms with E-state index in [1.165, 1.54) is 0 Å². The van der Waals surface area contributed by atoms with Gasteiger partial charge in [0.25, 0.3) is 0 Å². The SMILES string of the molecule is O=C(CO)C1=C(O)CCC1.[Cu]. The summed E-state index contributed by atoms with van der Waals surface area (Å²) >= 11 is 0. The molecule has 0 spiro atoms. The van der Waals surface area contributed by atoms with E-state index in [0.717, 1.165) is 6.42 Å². The molecule has 1 aliphatic rings. The predicted molar refractivity (Wildman–Crippen MR) is 35.6 cm³/mol. The minimum absolute atomic E-state index is 0. The number of Topliss-reactive ketones (excluding diaryl/α,β-unsaturated/α-hetero) is 1. The van der Waals surface area contributed by atoms with Crippen LogP contribution in [0.2, 0.25) is 0 Å². The van der Waals surface area contributed by atoms with Crippen molar-refractivity contribution < 1.29 is 32.1 Å². The van der Waals surface area contributed by atoms with Gasteiger partial charge in [-0.05, 0) is 12.8 Å². The Bertz CT molecular complexity index is 186. The monoisotopic (exact) mass is 205 g/mol. The van der Waals surface area contributed by atoms with Crippen molar-refractivity contribution in [2.24, 2.45) is 0 Å². The van der Waals surface area contributed by atoms with Crippen LogP contribution in [0.4, 0.5) is 0 Å². The Labute approximate surface area is 75.6 Å². The van der Waals surface area contributed by atoms with Gasteiger partial charge in [-0.15, -0.1) is 0 Å². The van der Waals surface area contributed by atoms with E-state index in [0.29, 0.717) is 18.4 Å². The fourth-order valence-corrected chi connectivity index (χ4v) is 1.12. The summed E-state index contributed by atoms with van der Waals surface area (Å²) in [6.45, 7) is -0.487. The van der Waals surface area contributed by atoms with Crippen LogP contribution in [0.15, 0.2) is 11.3 Å². The molecule has 0 saturated carbocycles. The number of carbonyl (C=O) groups is 1. The van der Waals surface area contributed by atoms with Gasteiger partial charge in [0.15, 0.2) is 5.78 Å². The molecule has 67 valence electrons. The molecular weight excluding hydrogens is 196 g/mol. The summed E-state index contributed by atoms with van der Waals surface area (Å²) in [6, 6.07) is 0. The van der Waals surface area contributed by atoms with Crippen LogP contribution >= 0.6 is 0 Å². The van der Waals surface area contributed by atoms with E-state index in [2.05, 4.69) is 0 Å². The summed E-state index contributed by atoms with van der Waals surface area (Å²) in [5, 5.41) is 17.5. The average Bonchev–Trinajstić information content (AvgIpc) is 2.34. The Morgan fingerprint density at radius 2 is 2.09 bits per heavy atom. The quantitative estimate of drug-likeness (QED) is 0.648. The van der Waals surface area contributed by atoms with Crippen LogP contribution in [0.25, 0.3) is 0 Å². The maximum absolute atomic E-state index is 10.8. The molecule has 0 unspecified atom stereocenters. The van der Waals surface area contributed by atoms with Crippen LogP contribution < -0.4 is 0 Å². The minimum atomic E-state index is -0.487. The van der Waals surface area contributed by atoms with Crippen molar-refractivity contribution in [1.29, 1.82) is 0 Å². The third-order valence-corrected chi connectivity index (χ3v) is 1.67. The number of carbonyl (C=O) groups excluding carboxylic acids is 1. The van der Waals surface area contributed by atoms with Crippen molar-refractivity contribution >= 4 is 5.78 Å². The number of allylic oxidation sites excluding steroid dienone is 1. The molecule has 3 nitrogen and oxygen atoms in total. The molecule has 0 aromatic rings. The summed E-state index contributed by atoms with van der Waals surface area (Å²) < 4.78 is 0. The van der Waals surface area contributed by atoms with E-state index in [-0.39, 0.29) is 28.6 Å². The Hall–Kier alpha value is -0.311. The summed E-state index contributed by atoms with van der Waals surface area (Å²) in [5.74, 6) is -0.172. The van der Waals surface area contributed by atoms with Crippen LogP contribution in [-0.2, 0) is 21.9 Å². The molecule has 0 bridgehead atoms. The fraction of sp³-hybridized carbons (Fsp3) is 0.571. The van der Waals surface area contributed by atoms with Gasteiger partial charge in [-0.3, -0.25) is 4.79 Å². The van der Waals surface area contributed by atoms with Crippen molar-refractivity contribution in [1.82, 2.24) is 0 Å². The zero-order chi connectivity index (χ0) is 7.56. The Kier molecular flexibility index (Phi) is 4.42. The van der Waals surface area contributed by atoms with Crippen LogP contribution in [-0.4, -0.2) is 22.6 Å². The molecule has 2 N–H and O–H groups in total. The van der Waals surface area contributed by atoms with Gasteiger partial charge in [0, 0.05) is 29.1 Å². The van der Waals surface area contributed by atoms with Gasteiger partial charge in [0.2, 0.25) is 0 Å². The molecule has 11 heavy (non-hydrogen) atoms. The average molecular weight is 206 g/mol. The maximum Gasteiger partial charge on any atom is 0.187 e. The molecule has 0 saturated heterocycles. The first kappa shape index (κ1) is 10.7. The molecule has 1 aliphatic carbocycles. The van der Waals surface area contributed by atoms with Crippen LogP contribution in [0.3, 0.4) is 0 Å². The summed E-state index contributed by atoms with van der Waals surface area (Å²) in [7, 11) is 0. The molecule has 0 fully saturated rings. The molecular formula is C7H10CuO3. The van der Waals surface area contributed by atoms with Crippen LogP contribution in [0, 0.1) is 0 Å². The summed E-state index contributed by atoms with van der Waals surface area (Å²) in [5.41, 5.74) is 0.419. The zero-order valence-corrected chi connectivity index (χ0v) is 6.87. The Balaban J connectivity index is 0.000001000. The fourth-order valence-electron chi connectivity index (χ4n) is 1.12. The van der Waals surface area contributed by atoms with Crippen molar-refractivity contribution in [3.05, 3.63) is 11.3 Å². The first-order valence-electron chi connectivity index (χ1n) is 3.30. The molecule has 0 aromatic heterocycles. The minimum Gasteiger partial charge on any atom is -0.512 e. The topological polar surface area (TPSA) is 57.5 Å². The molecule has 0 aromatic carbocycles. The first-order chi connectivity index (χ1) is 4.75. The van der Waals surface area contributed by atoms with Crippen molar-refractivity contribution in [2.75, 3.05) is 6.61 Å². The van der Waals surface area contributed by atoms with Gasteiger partial charge in [-0.25, -0.2) is 0 Å². The molecule has 0 aliphatic heterocycles. The first-order valence-corrected chi connectivity index (χ1v) is 3.30. The van der Waals surface area contributed by atoms with E-state index in [4.69, 9.17) is 10.2 Å². The van der Waals surface area contributed by atoms with Crippen LogP contribution in [0.1, 0.15) is 19.3 Å². The smallest absolute Gasteiger partial charge is 0.187 e. The second-order valence-corrected chi connectivity index (χ2v) is 2.36. The normalized spacial score (nSPS) is 16.5. The zero-order valence-electron chi connectivity index (χ0n) is 5.93. The standard InChI is InChI=1S/C7H10O3.Cu/c8-4-7(10)5-2-1-3-6(5)9;/h8-9H,1-4H2;. The molecule has 0 heterocycles. The number of aliphatic hydroxyl groups excluding tert-OH is 2. The van der Waals surface area contributed by atoms with Crippen molar-refractivity contribution in [3.63, 3.8) is 0 Å². The van der Waals surface area contributed by atoms with Crippen LogP contribution in [0.5, 0.6) is 0 Å². The number of rotatable bonds is 2. The predicted octanol–water partition coefficient (Wildman–Crippen LogP) is 0.541. The van der Waals surface area contributed by atoms with Crippen molar-refractivity contribution in [3.8, 4) is 0 Å². The van der Waals surface area contributed by atoms with E-state index in [1.807, 2.05) is 0 Å². The largest absolute Gasteiger partial charge is 0.512 e. The number of ketones is 1. The van der Waals surface area contributed by atoms with Gasteiger partial charge in [0.1, 0.15) is 6.61 Å². The molecule has 0 atom stereocenters. The number of hydrogen-bond donors (Lipinski definition) is 2. The van der Waals surface area contributed by atoms with Crippen molar-refractivity contribution in [2.45, 2.75) is 19.3 Å². The molecule has 1 radical (unpaired) electrons. The molecule has 0 amide bonds. The Morgan fingerprint density at radius 1 is 1.45 bits per heavy atom. The van der Waals surface area contributed by atoms with Gasteiger partial charge in [0.05, 0.1) is 5.76 Å². The third-order valence-electron chi connectivity index (χ3n) is 1.67. The van der Waals surface area contributed by atoms with Gasteiger partial charge < -0.3 is 10.2 Å². The van der Waals surface area contributed by atoms with Gasteiger partial charge >= 0.3 is 0 Å². The second kappa shape index (κ2) is 4.54. The number of aliphatic hydroxyl groups is 2. The third kappa shape index (κ3) is 2.33. The Morgan fingerprint density at radius 3 is 2.45 bits per heavy atom. The summed E-state index contributed by atoms with van der Waals surface area (Å²) in [4.78, 5) is 10.8. The van der Waals surface area contributed by atoms with E-state index in [9.17, 15) is 4.79 Å². The number of hydrogen-bond acceptors (Lipinski definition) is 3. The van der Waals surface area contributed by atoms with E-state index >= 15 is 0 Å².